The Hall–Kier alpha value is -1.85. The van der Waals surface area contributed by atoms with Crippen molar-refractivity contribution in [1.82, 2.24) is 4.90 Å². The third-order valence-corrected chi connectivity index (χ3v) is 4.85. The Labute approximate surface area is 143 Å². The highest BCUT2D eigenvalue weighted by atomic mass is 16.5. The molecule has 3 rings (SSSR count). The average molecular weight is 330 g/mol. The molecule has 2 aliphatic rings. The molecule has 5 nitrogen and oxygen atoms in total. The monoisotopic (exact) mass is 330 g/mol. The summed E-state index contributed by atoms with van der Waals surface area (Å²) in [5.41, 5.74) is 2.01. The number of rotatable bonds is 5. The van der Waals surface area contributed by atoms with E-state index in [9.17, 15) is 4.79 Å². The lowest BCUT2D eigenvalue weighted by Gasteiger charge is -2.39. The molecule has 1 aliphatic heterocycles. The highest BCUT2D eigenvalue weighted by molar-refractivity contribution is 5.89. The zero-order chi connectivity index (χ0) is 16.9. The van der Waals surface area contributed by atoms with E-state index in [0.29, 0.717) is 32.3 Å². The summed E-state index contributed by atoms with van der Waals surface area (Å²) in [4.78, 5) is 14.6. The van der Waals surface area contributed by atoms with Crippen molar-refractivity contribution < 1.29 is 14.3 Å². The summed E-state index contributed by atoms with van der Waals surface area (Å²) in [6.45, 7) is 8.15. The van der Waals surface area contributed by atoms with Crippen molar-refractivity contribution in [3.8, 4) is 0 Å². The van der Waals surface area contributed by atoms with Gasteiger partial charge in [-0.2, -0.15) is 0 Å². The minimum atomic E-state index is -0.0372. The second-order valence-electron chi connectivity index (χ2n) is 6.56. The van der Waals surface area contributed by atoms with Gasteiger partial charge in [0.15, 0.2) is 0 Å². The van der Waals surface area contributed by atoms with E-state index in [2.05, 4.69) is 11.9 Å². The quantitative estimate of drug-likeness (QED) is 0.666. The number of nitrogens with one attached hydrogen (secondary N) is 1. The summed E-state index contributed by atoms with van der Waals surface area (Å²) in [6, 6.07) is 7.98. The summed E-state index contributed by atoms with van der Waals surface area (Å²) < 4.78 is 11.6. The minimum absolute atomic E-state index is 0.0372. The van der Waals surface area contributed by atoms with Crippen LogP contribution in [0.5, 0.6) is 0 Å². The predicted molar refractivity (Wildman–Crippen MR) is 94.2 cm³/mol. The fraction of sp³-hybridized carbons (Fsp3) is 0.526. The molecule has 0 bridgehead atoms. The number of morpholine rings is 1. The lowest BCUT2D eigenvalue weighted by atomic mass is 10.0. The van der Waals surface area contributed by atoms with Crippen LogP contribution in [0.1, 0.15) is 18.4 Å². The van der Waals surface area contributed by atoms with Crippen LogP contribution >= 0.6 is 0 Å². The van der Waals surface area contributed by atoms with Crippen molar-refractivity contribution in [3.63, 3.8) is 0 Å². The first-order valence-electron chi connectivity index (χ1n) is 8.63. The molecule has 2 amide bonds. The van der Waals surface area contributed by atoms with Gasteiger partial charge in [-0.15, -0.1) is 6.58 Å². The fourth-order valence-electron chi connectivity index (χ4n) is 3.63. The van der Waals surface area contributed by atoms with Gasteiger partial charge in [-0.1, -0.05) is 23.8 Å². The fourth-order valence-corrected chi connectivity index (χ4v) is 3.63. The molecule has 2 fully saturated rings. The lowest BCUT2D eigenvalue weighted by molar-refractivity contribution is -0.0690. The van der Waals surface area contributed by atoms with E-state index in [4.69, 9.17) is 9.47 Å². The van der Waals surface area contributed by atoms with Gasteiger partial charge >= 0.3 is 6.03 Å². The summed E-state index contributed by atoms with van der Waals surface area (Å²) >= 11 is 0. The van der Waals surface area contributed by atoms with E-state index in [-0.39, 0.29) is 18.2 Å². The Morgan fingerprint density at radius 1 is 1.42 bits per heavy atom. The Bertz CT molecular complexity index is 572. The van der Waals surface area contributed by atoms with Gasteiger partial charge in [-0.3, -0.25) is 0 Å². The minimum Gasteiger partial charge on any atom is -0.377 e. The highest BCUT2D eigenvalue weighted by Crippen LogP contribution is 2.35. The van der Waals surface area contributed by atoms with Crippen LogP contribution < -0.4 is 5.32 Å². The van der Waals surface area contributed by atoms with Crippen LogP contribution in [0.2, 0.25) is 0 Å². The van der Waals surface area contributed by atoms with Crippen molar-refractivity contribution in [3.05, 3.63) is 42.5 Å². The number of nitrogens with zero attached hydrogens (tertiary/aromatic N) is 1. The van der Waals surface area contributed by atoms with E-state index < -0.39 is 0 Å². The molecule has 0 radical (unpaired) electrons. The standard InChI is InChI=1S/C19H26N2O3/c1-3-11-23-13-15-6-9-17-18(15)24-12-10-21(17)19(22)20-16-7-4-14(2)5-8-16/h3-5,7-8,15,17-18H,1,6,9-13H2,2H3,(H,20,22)/t15?,17-,18-/m0/s1. The summed E-state index contributed by atoms with van der Waals surface area (Å²) in [5, 5.41) is 3.01. The second kappa shape index (κ2) is 7.81. The van der Waals surface area contributed by atoms with Crippen LogP contribution in [0.3, 0.4) is 0 Å². The van der Waals surface area contributed by atoms with Gasteiger partial charge in [0.05, 0.1) is 32.0 Å². The van der Waals surface area contributed by atoms with E-state index in [0.717, 1.165) is 18.5 Å². The van der Waals surface area contributed by atoms with E-state index in [1.54, 1.807) is 6.08 Å². The first-order valence-corrected chi connectivity index (χ1v) is 8.63. The van der Waals surface area contributed by atoms with E-state index in [1.807, 2.05) is 36.1 Å². The van der Waals surface area contributed by atoms with Gasteiger partial charge in [-0.05, 0) is 31.9 Å². The Morgan fingerprint density at radius 3 is 2.96 bits per heavy atom. The van der Waals surface area contributed by atoms with Gasteiger partial charge in [0, 0.05) is 18.2 Å². The number of ether oxygens (including phenoxy) is 2. The number of hydrogen-bond donors (Lipinski definition) is 1. The van der Waals surface area contributed by atoms with Gasteiger partial charge in [-0.25, -0.2) is 4.79 Å². The molecule has 130 valence electrons. The molecule has 24 heavy (non-hydrogen) atoms. The van der Waals surface area contributed by atoms with Crippen LogP contribution in [-0.2, 0) is 9.47 Å². The third-order valence-electron chi connectivity index (χ3n) is 4.85. The van der Waals surface area contributed by atoms with Crippen molar-refractivity contribution in [2.45, 2.75) is 31.9 Å². The maximum Gasteiger partial charge on any atom is 0.322 e. The zero-order valence-corrected chi connectivity index (χ0v) is 14.2. The lowest BCUT2D eigenvalue weighted by Crippen LogP contribution is -2.54. The molecule has 1 aromatic carbocycles. The number of anilines is 1. The summed E-state index contributed by atoms with van der Waals surface area (Å²) in [5.74, 6) is 0.352. The van der Waals surface area contributed by atoms with Gasteiger partial charge < -0.3 is 19.7 Å². The molecule has 3 atom stereocenters. The zero-order valence-electron chi connectivity index (χ0n) is 14.2. The number of carbonyl (C=O) groups excluding carboxylic acids is 1. The number of amides is 2. The largest absolute Gasteiger partial charge is 0.377 e. The Balaban J connectivity index is 1.60. The predicted octanol–water partition coefficient (Wildman–Crippen LogP) is 3.21. The Kier molecular flexibility index (Phi) is 5.53. The van der Waals surface area contributed by atoms with Gasteiger partial charge in [0.1, 0.15) is 0 Å². The molecule has 0 aromatic heterocycles. The first-order chi connectivity index (χ1) is 11.7. The van der Waals surface area contributed by atoms with Crippen molar-refractivity contribution in [2.75, 3.05) is 31.7 Å². The summed E-state index contributed by atoms with van der Waals surface area (Å²) in [6.07, 6.45) is 3.83. The summed E-state index contributed by atoms with van der Waals surface area (Å²) in [7, 11) is 0. The van der Waals surface area contributed by atoms with Crippen molar-refractivity contribution in [1.29, 1.82) is 0 Å². The average Bonchev–Trinajstić information content (AvgIpc) is 3.00. The van der Waals surface area contributed by atoms with Gasteiger partial charge in [0.2, 0.25) is 0 Å². The third kappa shape index (κ3) is 3.79. The van der Waals surface area contributed by atoms with Crippen LogP contribution in [0.4, 0.5) is 10.5 Å². The molecule has 1 N–H and O–H groups in total. The molecule has 0 spiro atoms. The molecule has 1 aromatic rings. The molecule has 5 heteroatoms. The maximum atomic E-state index is 12.7. The number of carbonyl (C=O) groups is 1. The number of aryl methyl sites for hydroxylation is 1. The molecule has 1 heterocycles. The topological polar surface area (TPSA) is 50.8 Å². The van der Waals surface area contributed by atoms with E-state index >= 15 is 0 Å². The number of hydrogen-bond acceptors (Lipinski definition) is 3. The highest BCUT2D eigenvalue weighted by Gasteiger charge is 2.44. The number of benzene rings is 1. The molecular weight excluding hydrogens is 304 g/mol. The SMILES string of the molecule is C=CCOCC1CC[C@H]2[C@H]1OCCN2C(=O)Nc1ccc(C)cc1. The van der Waals surface area contributed by atoms with Gasteiger partial charge in [0.25, 0.3) is 0 Å². The molecule has 1 saturated carbocycles. The van der Waals surface area contributed by atoms with Crippen LogP contribution in [0.15, 0.2) is 36.9 Å². The van der Waals surface area contributed by atoms with E-state index in [1.165, 1.54) is 5.56 Å². The van der Waals surface area contributed by atoms with Crippen LogP contribution in [-0.4, -0.2) is 49.4 Å². The van der Waals surface area contributed by atoms with Crippen molar-refractivity contribution >= 4 is 11.7 Å². The molecular formula is C19H26N2O3. The van der Waals surface area contributed by atoms with Crippen LogP contribution in [0, 0.1) is 12.8 Å². The van der Waals surface area contributed by atoms with Crippen LogP contribution in [0.25, 0.3) is 0 Å². The molecule has 1 aliphatic carbocycles. The smallest absolute Gasteiger partial charge is 0.322 e. The maximum absolute atomic E-state index is 12.7. The van der Waals surface area contributed by atoms with Crippen molar-refractivity contribution in [2.24, 2.45) is 5.92 Å². The Morgan fingerprint density at radius 2 is 2.21 bits per heavy atom. The second-order valence-corrected chi connectivity index (χ2v) is 6.56. The normalized spacial score (nSPS) is 26.0. The molecule has 1 unspecified atom stereocenters. The molecule has 1 saturated heterocycles. The number of fused-ring (bicyclic) bond motifs is 1. The number of urea groups is 1. The first kappa shape index (κ1) is 17.0.